The number of aliphatic hydroxyl groups is 2. The molecule has 0 radical (unpaired) electrons. The second-order valence-electron chi connectivity index (χ2n) is 4.78. The monoisotopic (exact) mass is 297 g/mol. The molecule has 0 unspecified atom stereocenters. The predicted molar refractivity (Wildman–Crippen MR) is 77.6 cm³/mol. The number of aliphatic hydroxyl groups excluding tert-OH is 2. The molecule has 2 heterocycles. The van der Waals surface area contributed by atoms with Crippen molar-refractivity contribution in [2.45, 2.75) is 0 Å². The summed E-state index contributed by atoms with van der Waals surface area (Å²) in [6.45, 7) is 0.318. The predicted octanol–water partition coefficient (Wildman–Crippen LogP) is -2.24. The standard InChI is InChI=1S/C12H19N5O4/c1-14-8-9(15(2)12(21)16(3)10(8)20)13-11(14)17(4-6-18)5-7-19/h18-19H,4-7H2,1-3H3. The van der Waals surface area contributed by atoms with Crippen LogP contribution in [0.15, 0.2) is 9.59 Å². The number of hydrogen-bond donors (Lipinski definition) is 2. The molecule has 0 amide bonds. The van der Waals surface area contributed by atoms with Crippen LogP contribution in [0.1, 0.15) is 0 Å². The molecule has 0 aliphatic carbocycles. The fourth-order valence-corrected chi connectivity index (χ4v) is 2.34. The third kappa shape index (κ3) is 2.34. The summed E-state index contributed by atoms with van der Waals surface area (Å²) in [5.74, 6) is 0.423. The molecule has 0 bridgehead atoms. The summed E-state index contributed by atoms with van der Waals surface area (Å²) in [7, 11) is 4.62. The maximum atomic E-state index is 12.2. The summed E-state index contributed by atoms with van der Waals surface area (Å²) in [5, 5.41) is 18.2. The maximum Gasteiger partial charge on any atom is 0.332 e. The molecule has 116 valence electrons. The van der Waals surface area contributed by atoms with Crippen molar-refractivity contribution in [2.24, 2.45) is 21.1 Å². The second-order valence-corrected chi connectivity index (χ2v) is 4.78. The highest BCUT2D eigenvalue weighted by atomic mass is 16.3. The molecule has 0 aliphatic heterocycles. The van der Waals surface area contributed by atoms with E-state index in [9.17, 15) is 9.59 Å². The summed E-state index contributed by atoms with van der Waals surface area (Å²) in [6, 6.07) is 0. The molecule has 2 N–H and O–H groups in total. The lowest BCUT2D eigenvalue weighted by Crippen LogP contribution is -2.37. The number of fused-ring (bicyclic) bond motifs is 1. The molecule has 0 saturated carbocycles. The van der Waals surface area contributed by atoms with Gasteiger partial charge in [0.05, 0.1) is 13.2 Å². The van der Waals surface area contributed by atoms with Crippen LogP contribution >= 0.6 is 0 Å². The van der Waals surface area contributed by atoms with Gasteiger partial charge in [-0.2, -0.15) is 4.98 Å². The van der Waals surface area contributed by atoms with Crippen LogP contribution in [-0.2, 0) is 21.1 Å². The molecular weight excluding hydrogens is 278 g/mol. The van der Waals surface area contributed by atoms with Crippen LogP contribution in [0.3, 0.4) is 0 Å². The lowest BCUT2D eigenvalue weighted by atomic mass is 10.5. The van der Waals surface area contributed by atoms with Gasteiger partial charge in [-0.15, -0.1) is 0 Å². The quantitative estimate of drug-likeness (QED) is 0.646. The fourth-order valence-electron chi connectivity index (χ4n) is 2.34. The molecule has 0 fully saturated rings. The van der Waals surface area contributed by atoms with Crippen LogP contribution < -0.4 is 16.1 Å². The van der Waals surface area contributed by atoms with Gasteiger partial charge in [0.15, 0.2) is 11.2 Å². The average Bonchev–Trinajstić information content (AvgIpc) is 2.80. The van der Waals surface area contributed by atoms with Gasteiger partial charge in [-0.05, 0) is 0 Å². The van der Waals surface area contributed by atoms with Gasteiger partial charge >= 0.3 is 5.69 Å². The average molecular weight is 297 g/mol. The Kier molecular flexibility index (Phi) is 4.14. The smallest absolute Gasteiger partial charge is 0.332 e. The van der Waals surface area contributed by atoms with Crippen molar-refractivity contribution in [2.75, 3.05) is 31.2 Å². The minimum atomic E-state index is -0.451. The first-order valence-electron chi connectivity index (χ1n) is 6.53. The van der Waals surface area contributed by atoms with Gasteiger partial charge in [-0.25, -0.2) is 4.79 Å². The third-order valence-electron chi connectivity index (χ3n) is 3.47. The molecule has 0 aliphatic rings. The Morgan fingerprint density at radius 1 is 1.00 bits per heavy atom. The number of anilines is 1. The number of hydrogen-bond acceptors (Lipinski definition) is 6. The van der Waals surface area contributed by atoms with Crippen LogP contribution in [0.4, 0.5) is 5.95 Å². The van der Waals surface area contributed by atoms with E-state index in [-0.39, 0.29) is 32.0 Å². The van der Waals surface area contributed by atoms with E-state index < -0.39 is 11.2 Å². The molecule has 0 aromatic carbocycles. The Morgan fingerprint density at radius 2 is 1.57 bits per heavy atom. The molecule has 21 heavy (non-hydrogen) atoms. The minimum absolute atomic E-state index is 0.111. The van der Waals surface area contributed by atoms with Crippen LogP contribution in [0.25, 0.3) is 11.2 Å². The first-order chi connectivity index (χ1) is 9.93. The Bertz CT molecular complexity index is 767. The Labute approximate surface area is 120 Å². The zero-order valence-corrected chi connectivity index (χ0v) is 12.3. The summed E-state index contributed by atoms with van der Waals surface area (Å²) in [4.78, 5) is 30.2. The maximum absolute atomic E-state index is 12.2. The Balaban J connectivity index is 2.77. The van der Waals surface area contributed by atoms with Gasteiger partial charge in [0.25, 0.3) is 5.56 Å². The molecule has 9 nitrogen and oxygen atoms in total. The lowest BCUT2D eigenvalue weighted by molar-refractivity contribution is 0.280. The zero-order chi connectivity index (χ0) is 15.7. The van der Waals surface area contributed by atoms with Crippen LogP contribution in [-0.4, -0.2) is 55.2 Å². The Hall–Kier alpha value is -2.13. The first kappa shape index (κ1) is 15.3. The summed E-state index contributed by atoms with van der Waals surface area (Å²) < 4.78 is 3.90. The molecule has 0 atom stereocenters. The summed E-state index contributed by atoms with van der Waals surface area (Å²) in [6.07, 6.45) is 0. The van der Waals surface area contributed by atoms with Crippen LogP contribution in [0.2, 0.25) is 0 Å². The van der Waals surface area contributed by atoms with Crippen molar-refractivity contribution in [3.05, 3.63) is 20.8 Å². The number of aryl methyl sites for hydroxylation is 2. The molecule has 0 saturated heterocycles. The van der Waals surface area contributed by atoms with Gasteiger partial charge in [-0.3, -0.25) is 13.9 Å². The van der Waals surface area contributed by atoms with E-state index >= 15 is 0 Å². The number of aromatic nitrogens is 4. The van der Waals surface area contributed by atoms with Crippen molar-refractivity contribution in [1.82, 2.24) is 18.7 Å². The van der Waals surface area contributed by atoms with Crippen LogP contribution in [0, 0.1) is 0 Å². The molecule has 2 rings (SSSR count). The van der Waals surface area contributed by atoms with Gasteiger partial charge < -0.3 is 19.7 Å². The number of rotatable bonds is 5. The van der Waals surface area contributed by atoms with E-state index in [0.717, 1.165) is 4.57 Å². The number of imidazole rings is 1. The molecule has 2 aromatic rings. The minimum Gasteiger partial charge on any atom is -0.395 e. The van der Waals surface area contributed by atoms with Gasteiger partial charge in [0.2, 0.25) is 5.95 Å². The van der Waals surface area contributed by atoms with E-state index in [1.54, 1.807) is 23.6 Å². The zero-order valence-electron chi connectivity index (χ0n) is 12.3. The molecule has 2 aromatic heterocycles. The second kappa shape index (κ2) is 5.70. The van der Waals surface area contributed by atoms with Crippen molar-refractivity contribution >= 4 is 17.1 Å². The van der Waals surface area contributed by atoms with E-state index in [4.69, 9.17) is 10.2 Å². The first-order valence-corrected chi connectivity index (χ1v) is 6.53. The molecule has 0 spiro atoms. The van der Waals surface area contributed by atoms with Gasteiger partial charge in [0.1, 0.15) is 0 Å². The third-order valence-corrected chi connectivity index (χ3v) is 3.47. The molecular formula is C12H19N5O4. The van der Waals surface area contributed by atoms with Crippen molar-refractivity contribution < 1.29 is 10.2 Å². The molecule has 9 heteroatoms. The van der Waals surface area contributed by atoms with E-state index in [2.05, 4.69) is 4.98 Å². The SMILES string of the molecule is Cn1c(=O)c2c(nc(N(CCO)CCO)n2C)n(C)c1=O. The fraction of sp³-hybridized carbons (Fsp3) is 0.583. The lowest BCUT2D eigenvalue weighted by Gasteiger charge is -2.21. The van der Waals surface area contributed by atoms with Crippen LogP contribution in [0.5, 0.6) is 0 Å². The van der Waals surface area contributed by atoms with Crippen molar-refractivity contribution in [1.29, 1.82) is 0 Å². The highest BCUT2D eigenvalue weighted by Gasteiger charge is 2.20. The normalized spacial score (nSPS) is 11.3. The van der Waals surface area contributed by atoms with Crippen molar-refractivity contribution in [3.8, 4) is 0 Å². The number of nitrogens with zero attached hydrogens (tertiary/aromatic N) is 5. The van der Waals surface area contributed by atoms with E-state index in [1.165, 1.54) is 11.6 Å². The summed E-state index contributed by atoms with van der Waals surface area (Å²) in [5.41, 5.74) is -0.299. The van der Waals surface area contributed by atoms with Gasteiger partial charge in [-0.1, -0.05) is 0 Å². The topological polar surface area (TPSA) is 106 Å². The van der Waals surface area contributed by atoms with Gasteiger partial charge in [0, 0.05) is 34.2 Å². The van der Waals surface area contributed by atoms with E-state index in [1.807, 2.05) is 0 Å². The highest BCUT2D eigenvalue weighted by Crippen LogP contribution is 2.17. The van der Waals surface area contributed by atoms with E-state index in [0.29, 0.717) is 11.5 Å². The largest absolute Gasteiger partial charge is 0.395 e. The summed E-state index contributed by atoms with van der Waals surface area (Å²) >= 11 is 0. The van der Waals surface area contributed by atoms with Crippen molar-refractivity contribution in [3.63, 3.8) is 0 Å². The highest BCUT2D eigenvalue weighted by molar-refractivity contribution is 5.74. The Morgan fingerprint density at radius 3 is 2.10 bits per heavy atom.